The zero-order valence-corrected chi connectivity index (χ0v) is 7.67. The van der Waals surface area contributed by atoms with E-state index < -0.39 is 24.4 Å². The minimum absolute atomic E-state index is 0.210. The molecular weight excluding hydrogens is 174 g/mol. The molecule has 1 saturated heterocycles. The quantitative estimate of drug-likeness (QED) is 0.397. The largest absolute Gasteiger partial charge is 0.395 e. The average Bonchev–Trinajstić information content (AvgIpc) is 2.13. The van der Waals surface area contributed by atoms with Crippen molar-refractivity contribution in [2.24, 2.45) is 0 Å². The van der Waals surface area contributed by atoms with Crippen LogP contribution in [-0.2, 0) is 0 Å². The normalized spacial score (nSPS) is 42.2. The van der Waals surface area contributed by atoms with Crippen LogP contribution in [0.15, 0.2) is 0 Å². The molecule has 0 radical (unpaired) electrons. The number of β-amino-alcohol motifs (C(OH)–C–C–N with tert-alkyl or cyclic N) is 1. The first-order valence-corrected chi connectivity index (χ1v) is 4.51. The zero-order valence-electron chi connectivity index (χ0n) is 7.67. The van der Waals surface area contributed by atoms with E-state index in [-0.39, 0.29) is 6.61 Å². The van der Waals surface area contributed by atoms with E-state index in [0.29, 0.717) is 13.1 Å². The van der Waals surface area contributed by atoms with E-state index in [9.17, 15) is 15.3 Å². The van der Waals surface area contributed by atoms with Crippen molar-refractivity contribution in [2.45, 2.75) is 31.3 Å². The third-order valence-corrected chi connectivity index (χ3v) is 2.62. The molecule has 0 aromatic heterocycles. The minimum Gasteiger partial charge on any atom is -0.395 e. The average molecular weight is 191 g/mol. The van der Waals surface area contributed by atoms with Gasteiger partial charge in [0.15, 0.2) is 0 Å². The fourth-order valence-corrected chi connectivity index (χ4v) is 1.74. The Bertz CT molecular complexity index is 164. The molecule has 0 unspecified atom stereocenters. The van der Waals surface area contributed by atoms with Crippen molar-refractivity contribution in [1.82, 2.24) is 4.90 Å². The molecule has 0 bridgehead atoms. The first kappa shape index (κ1) is 10.9. The highest BCUT2D eigenvalue weighted by Crippen LogP contribution is 2.18. The maximum atomic E-state index is 9.50. The summed E-state index contributed by atoms with van der Waals surface area (Å²) in [6.07, 6.45) is -3.16. The summed E-state index contributed by atoms with van der Waals surface area (Å²) in [5.41, 5.74) is 0. The first-order valence-electron chi connectivity index (χ1n) is 4.51. The molecule has 4 N–H and O–H groups in total. The molecule has 13 heavy (non-hydrogen) atoms. The van der Waals surface area contributed by atoms with Gasteiger partial charge in [-0.15, -0.1) is 0 Å². The van der Waals surface area contributed by atoms with Crippen molar-refractivity contribution >= 4 is 0 Å². The number of likely N-dealkylation sites (tertiary alicyclic amines) is 1. The van der Waals surface area contributed by atoms with Gasteiger partial charge in [0, 0.05) is 6.54 Å². The van der Waals surface area contributed by atoms with Gasteiger partial charge in [-0.2, -0.15) is 0 Å². The molecule has 0 aliphatic carbocycles. The van der Waals surface area contributed by atoms with Gasteiger partial charge in [-0.25, -0.2) is 0 Å². The lowest BCUT2D eigenvalue weighted by Gasteiger charge is -2.42. The van der Waals surface area contributed by atoms with Crippen LogP contribution in [0.5, 0.6) is 0 Å². The van der Waals surface area contributed by atoms with Crippen molar-refractivity contribution in [3.8, 4) is 0 Å². The van der Waals surface area contributed by atoms with Gasteiger partial charge in [0.1, 0.15) is 12.2 Å². The van der Waals surface area contributed by atoms with Crippen LogP contribution in [0.1, 0.15) is 6.92 Å². The topological polar surface area (TPSA) is 84.2 Å². The Morgan fingerprint density at radius 1 is 1.23 bits per heavy atom. The Hall–Kier alpha value is -0.200. The van der Waals surface area contributed by atoms with Gasteiger partial charge < -0.3 is 20.4 Å². The van der Waals surface area contributed by atoms with E-state index in [2.05, 4.69) is 0 Å². The number of piperidine rings is 1. The van der Waals surface area contributed by atoms with Crippen molar-refractivity contribution in [2.75, 3.05) is 19.7 Å². The number of hydrogen-bond acceptors (Lipinski definition) is 5. The lowest BCUT2D eigenvalue weighted by atomic mass is 9.94. The Morgan fingerprint density at radius 2 is 1.85 bits per heavy atom. The summed E-state index contributed by atoms with van der Waals surface area (Å²) >= 11 is 0. The van der Waals surface area contributed by atoms with Gasteiger partial charge >= 0.3 is 0 Å². The van der Waals surface area contributed by atoms with E-state index in [1.807, 2.05) is 6.92 Å². The van der Waals surface area contributed by atoms with Crippen molar-refractivity contribution < 1.29 is 20.4 Å². The maximum absolute atomic E-state index is 9.50. The number of nitrogens with zero attached hydrogens (tertiary/aromatic N) is 1. The Kier molecular flexibility index (Phi) is 3.63. The number of aliphatic hydroxyl groups excluding tert-OH is 4. The lowest BCUT2D eigenvalue weighted by molar-refractivity contribution is -0.143. The first-order chi connectivity index (χ1) is 6.11. The summed E-state index contributed by atoms with van der Waals surface area (Å²) in [6, 6.07) is -0.469. The van der Waals surface area contributed by atoms with Crippen LogP contribution < -0.4 is 0 Å². The number of aliphatic hydroxyl groups is 4. The van der Waals surface area contributed by atoms with Crippen LogP contribution in [0, 0.1) is 0 Å². The second kappa shape index (κ2) is 4.34. The molecule has 0 aromatic carbocycles. The van der Waals surface area contributed by atoms with Gasteiger partial charge in [0.05, 0.1) is 18.8 Å². The second-order valence-corrected chi connectivity index (χ2v) is 3.39. The monoisotopic (exact) mass is 191 g/mol. The van der Waals surface area contributed by atoms with Crippen molar-refractivity contribution in [3.63, 3.8) is 0 Å². The van der Waals surface area contributed by atoms with E-state index in [0.717, 1.165) is 0 Å². The SMILES string of the molecule is CCN1C[C@@H](O)[C@@H](O)[C@H](O)[C@@H]1CO. The molecule has 78 valence electrons. The van der Waals surface area contributed by atoms with Crippen LogP contribution >= 0.6 is 0 Å². The molecule has 1 aliphatic rings. The van der Waals surface area contributed by atoms with E-state index in [4.69, 9.17) is 5.11 Å². The third kappa shape index (κ3) is 2.00. The summed E-state index contributed by atoms with van der Waals surface area (Å²) < 4.78 is 0. The predicted octanol–water partition coefficient (Wildman–Crippen LogP) is -2.23. The highest BCUT2D eigenvalue weighted by molar-refractivity contribution is 4.93. The molecule has 1 fully saturated rings. The van der Waals surface area contributed by atoms with Gasteiger partial charge in [0.25, 0.3) is 0 Å². The van der Waals surface area contributed by atoms with Gasteiger partial charge in [-0.1, -0.05) is 6.92 Å². The van der Waals surface area contributed by atoms with E-state index in [1.165, 1.54) is 0 Å². The number of hydrogen-bond donors (Lipinski definition) is 4. The summed E-state index contributed by atoms with van der Waals surface area (Å²) in [5, 5.41) is 37.1. The van der Waals surface area contributed by atoms with E-state index in [1.54, 1.807) is 4.90 Å². The second-order valence-electron chi connectivity index (χ2n) is 3.39. The van der Waals surface area contributed by atoms with Crippen LogP contribution in [0.4, 0.5) is 0 Å². The minimum atomic E-state index is -1.15. The Balaban J connectivity index is 2.69. The summed E-state index contributed by atoms with van der Waals surface area (Å²) in [6.45, 7) is 2.59. The third-order valence-electron chi connectivity index (χ3n) is 2.62. The summed E-state index contributed by atoms with van der Waals surface area (Å²) in [4.78, 5) is 1.75. The summed E-state index contributed by atoms with van der Waals surface area (Å²) in [7, 11) is 0. The maximum Gasteiger partial charge on any atom is 0.109 e. The van der Waals surface area contributed by atoms with Crippen molar-refractivity contribution in [3.05, 3.63) is 0 Å². The molecular formula is C8H17NO4. The van der Waals surface area contributed by atoms with Gasteiger partial charge in [-0.05, 0) is 6.54 Å². The molecule has 0 saturated carbocycles. The smallest absolute Gasteiger partial charge is 0.109 e. The number of rotatable bonds is 2. The van der Waals surface area contributed by atoms with Crippen molar-refractivity contribution in [1.29, 1.82) is 0 Å². The fourth-order valence-electron chi connectivity index (χ4n) is 1.74. The van der Waals surface area contributed by atoms with Gasteiger partial charge in [-0.3, -0.25) is 4.90 Å². The highest BCUT2D eigenvalue weighted by atomic mass is 16.4. The fraction of sp³-hybridized carbons (Fsp3) is 1.00. The molecule has 5 heteroatoms. The standard InChI is InChI=1S/C8H17NO4/c1-2-9-3-6(11)8(13)7(12)5(9)4-10/h5-8,10-13H,2-4H2,1H3/t5-,6+,7+,8+/m0/s1. The Labute approximate surface area is 77.2 Å². The van der Waals surface area contributed by atoms with E-state index >= 15 is 0 Å². The molecule has 0 spiro atoms. The molecule has 1 heterocycles. The number of likely N-dealkylation sites (N-methyl/N-ethyl adjacent to an activating group) is 1. The lowest BCUT2D eigenvalue weighted by Crippen LogP contribution is -2.62. The summed E-state index contributed by atoms with van der Waals surface area (Å²) in [5.74, 6) is 0. The molecule has 5 nitrogen and oxygen atoms in total. The van der Waals surface area contributed by atoms with Gasteiger partial charge in [0.2, 0.25) is 0 Å². The highest BCUT2D eigenvalue weighted by Gasteiger charge is 2.40. The van der Waals surface area contributed by atoms with Crippen LogP contribution in [0.25, 0.3) is 0 Å². The van der Waals surface area contributed by atoms with Crippen LogP contribution in [0.2, 0.25) is 0 Å². The molecule has 4 atom stereocenters. The van der Waals surface area contributed by atoms with Crippen LogP contribution in [-0.4, -0.2) is 69.4 Å². The molecule has 1 rings (SSSR count). The zero-order chi connectivity index (χ0) is 10.0. The molecule has 0 amide bonds. The Morgan fingerprint density at radius 3 is 2.31 bits per heavy atom. The molecule has 1 aliphatic heterocycles. The van der Waals surface area contributed by atoms with Crippen LogP contribution in [0.3, 0.4) is 0 Å². The molecule has 0 aromatic rings. The predicted molar refractivity (Wildman–Crippen MR) is 46.1 cm³/mol.